The molecule has 3 N–H and O–H groups in total. The fraction of sp³-hybridized carbons (Fsp3) is 0.667. The van der Waals surface area contributed by atoms with Gasteiger partial charge < -0.3 is 15.7 Å². The minimum Gasteiger partial charge on any atom is -0.392 e. The lowest BCUT2D eigenvalue weighted by molar-refractivity contribution is 0.0625. The molecule has 1 saturated heterocycles. The maximum atomic E-state index is 9.93. The summed E-state index contributed by atoms with van der Waals surface area (Å²) in [6, 6.07) is -0.0945. The second-order valence-corrected chi connectivity index (χ2v) is 7.75. The normalized spacial score (nSPS) is 33.9. The summed E-state index contributed by atoms with van der Waals surface area (Å²) >= 11 is 3.86. The van der Waals surface area contributed by atoms with Gasteiger partial charge in [0.1, 0.15) is 3.70 Å². The molecule has 2 fully saturated rings. The molecule has 20 heavy (non-hydrogen) atoms. The molecule has 4 rings (SSSR count). The van der Waals surface area contributed by atoms with Gasteiger partial charge in [-0.05, 0) is 47.3 Å². The van der Waals surface area contributed by atoms with Crippen LogP contribution < -0.4 is 10.6 Å². The van der Waals surface area contributed by atoms with Gasteiger partial charge in [0.05, 0.1) is 12.3 Å². The summed E-state index contributed by atoms with van der Waals surface area (Å²) in [4.78, 5) is 7.59. The molecule has 0 bridgehead atoms. The number of aliphatic hydroxyl groups excluding tert-OH is 1. The first-order valence-electron chi connectivity index (χ1n) is 6.82. The van der Waals surface area contributed by atoms with E-state index in [1.165, 1.54) is 0 Å². The van der Waals surface area contributed by atoms with E-state index in [1.54, 1.807) is 11.3 Å². The fourth-order valence-corrected chi connectivity index (χ4v) is 4.98. The molecule has 2 aliphatic rings. The van der Waals surface area contributed by atoms with Crippen molar-refractivity contribution in [1.82, 2.24) is 14.6 Å². The molecule has 1 saturated carbocycles. The maximum Gasteiger partial charge on any atom is 0.214 e. The summed E-state index contributed by atoms with van der Waals surface area (Å²) in [6.07, 6.45) is 3.38. The number of nitrogens with two attached hydrogens (primary N) is 1. The van der Waals surface area contributed by atoms with Crippen LogP contribution in [0.15, 0.2) is 6.20 Å². The molecule has 2 aromatic rings. The number of imidazole rings is 1. The van der Waals surface area contributed by atoms with E-state index >= 15 is 0 Å². The Morgan fingerprint density at radius 3 is 3.05 bits per heavy atom. The minimum absolute atomic E-state index is 0.0945. The van der Waals surface area contributed by atoms with Crippen LogP contribution in [-0.2, 0) is 0 Å². The number of nitrogens with zero attached hydrogens (tertiary/aromatic N) is 4. The van der Waals surface area contributed by atoms with Crippen molar-refractivity contribution in [3.05, 3.63) is 9.90 Å². The van der Waals surface area contributed by atoms with Crippen molar-refractivity contribution < 1.29 is 5.11 Å². The third kappa shape index (κ3) is 1.96. The van der Waals surface area contributed by atoms with Crippen LogP contribution in [0, 0.1) is 15.5 Å². The van der Waals surface area contributed by atoms with E-state index < -0.39 is 0 Å². The van der Waals surface area contributed by atoms with Crippen LogP contribution in [0.4, 0.5) is 5.13 Å². The highest BCUT2D eigenvalue weighted by Gasteiger charge is 2.43. The van der Waals surface area contributed by atoms with Gasteiger partial charge in [-0.15, -0.1) is 5.10 Å². The summed E-state index contributed by atoms with van der Waals surface area (Å²) in [7, 11) is 0. The van der Waals surface area contributed by atoms with Crippen molar-refractivity contribution in [3.63, 3.8) is 0 Å². The van der Waals surface area contributed by atoms with E-state index in [2.05, 4.69) is 37.6 Å². The molecule has 108 valence electrons. The number of halogens is 1. The van der Waals surface area contributed by atoms with Crippen molar-refractivity contribution in [2.75, 3.05) is 18.0 Å². The zero-order valence-electron chi connectivity index (χ0n) is 10.8. The Kier molecular flexibility index (Phi) is 3.17. The van der Waals surface area contributed by atoms with Crippen LogP contribution in [0.3, 0.4) is 0 Å². The molecule has 0 aromatic carbocycles. The van der Waals surface area contributed by atoms with Gasteiger partial charge >= 0.3 is 0 Å². The maximum absolute atomic E-state index is 9.93. The third-order valence-corrected chi connectivity index (χ3v) is 6.29. The second-order valence-electron chi connectivity index (χ2n) is 5.71. The van der Waals surface area contributed by atoms with Gasteiger partial charge in [0.15, 0.2) is 0 Å². The highest BCUT2D eigenvalue weighted by Crippen LogP contribution is 2.38. The number of aromatic nitrogens is 3. The standard InChI is InChI=1S/C12H16IN5OS/c13-9-3-15-11-18(9)16-12(20-11)17-4-6-1-2-8(19)10(14)7(6)5-17/h3,6-8,10,19H,1-2,4-5,14H2/t6-,7+,8-,10+/m1/s1. The molecule has 1 aliphatic heterocycles. The Labute approximate surface area is 134 Å². The van der Waals surface area contributed by atoms with Gasteiger partial charge in [0.25, 0.3) is 0 Å². The Balaban J connectivity index is 1.61. The van der Waals surface area contributed by atoms with Gasteiger partial charge in [0, 0.05) is 19.1 Å². The molecule has 0 spiro atoms. The van der Waals surface area contributed by atoms with Gasteiger partial charge in [-0.2, -0.15) is 4.52 Å². The van der Waals surface area contributed by atoms with E-state index in [0.717, 1.165) is 39.7 Å². The van der Waals surface area contributed by atoms with Crippen molar-refractivity contribution >= 4 is 44.0 Å². The van der Waals surface area contributed by atoms with Crippen LogP contribution >= 0.6 is 33.9 Å². The number of hydrogen-bond donors (Lipinski definition) is 2. The van der Waals surface area contributed by atoms with E-state index in [9.17, 15) is 5.11 Å². The number of rotatable bonds is 1. The third-order valence-electron chi connectivity index (χ3n) is 4.57. The average molecular weight is 405 g/mol. The molecular weight excluding hydrogens is 389 g/mol. The monoisotopic (exact) mass is 405 g/mol. The van der Waals surface area contributed by atoms with Gasteiger partial charge in [-0.25, -0.2) is 4.98 Å². The van der Waals surface area contributed by atoms with Crippen LogP contribution in [0.5, 0.6) is 0 Å². The van der Waals surface area contributed by atoms with Crippen molar-refractivity contribution in [2.45, 2.75) is 25.0 Å². The van der Waals surface area contributed by atoms with Crippen molar-refractivity contribution in [2.24, 2.45) is 17.6 Å². The first-order chi connectivity index (χ1) is 9.63. The summed E-state index contributed by atoms with van der Waals surface area (Å²) in [6.45, 7) is 1.90. The van der Waals surface area contributed by atoms with E-state index in [0.29, 0.717) is 11.8 Å². The summed E-state index contributed by atoms with van der Waals surface area (Å²) in [5.74, 6) is 0.970. The van der Waals surface area contributed by atoms with Crippen LogP contribution in [-0.4, -0.2) is 44.9 Å². The van der Waals surface area contributed by atoms with E-state index in [1.807, 2.05) is 10.7 Å². The topological polar surface area (TPSA) is 79.7 Å². The highest BCUT2D eigenvalue weighted by molar-refractivity contribution is 14.1. The zero-order chi connectivity index (χ0) is 13.9. The molecule has 6 nitrogen and oxygen atoms in total. The fourth-order valence-electron chi connectivity index (χ4n) is 3.44. The summed E-state index contributed by atoms with van der Waals surface area (Å²) < 4.78 is 2.92. The number of anilines is 1. The smallest absolute Gasteiger partial charge is 0.214 e. The average Bonchev–Trinajstić information content (AvgIpc) is 3.10. The first kappa shape index (κ1) is 13.2. The summed E-state index contributed by atoms with van der Waals surface area (Å²) in [5, 5.41) is 15.6. The lowest BCUT2D eigenvalue weighted by atomic mass is 9.77. The van der Waals surface area contributed by atoms with E-state index in [4.69, 9.17) is 5.73 Å². The quantitative estimate of drug-likeness (QED) is 0.691. The number of hydrogen-bond acceptors (Lipinski definition) is 6. The van der Waals surface area contributed by atoms with Crippen LogP contribution in [0.2, 0.25) is 0 Å². The van der Waals surface area contributed by atoms with Gasteiger partial charge in [0.2, 0.25) is 10.1 Å². The van der Waals surface area contributed by atoms with Crippen molar-refractivity contribution in [3.8, 4) is 0 Å². The molecule has 0 amide bonds. The van der Waals surface area contributed by atoms with Gasteiger partial charge in [-0.3, -0.25) is 0 Å². The Morgan fingerprint density at radius 1 is 1.40 bits per heavy atom. The number of fused-ring (bicyclic) bond motifs is 2. The second kappa shape index (κ2) is 4.79. The number of aliphatic hydroxyl groups is 1. The molecule has 8 heteroatoms. The molecule has 2 aromatic heterocycles. The molecular formula is C12H16IN5OS. The molecule has 0 unspecified atom stereocenters. The Bertz CT molecular complexity index is 643. The lowest BCUT2D eigenvalue weighted by Gasteiger charge is -2.33. The predicted octanol–water partition coefficient (Wildman–Crippen LogP) is 0.930. The van der Waals surface area contributed by atoms with Crippen molar-refractivity contribution in [1.29, 1.82) is 0 Å². The van der Waals surface area contributed by atoms with Crippen LogP contribution in [0.25, 0.3) is 4.96 Å². The van der Waals surface area contributed by atoms with E-state index in [-0.39, 0.29) is 12.1 Å². The Morgan fingerprint density at radius 2 is 2.25 bits per heavy atom. The summed E-state index contributed by atoms with van der Waals surface area (Å²) in [5.41, 5.74) is 6.17. The molecule has 3 heterocycles. The molecule has 0 radical (unpaired) electrons. The highest BCUT2D eigenvalue weighted by atomic mass is 127. The largest absolute Gasteiger partial charge is 0.392 e. The SMILES string of the molecule is N[C@H]1[C@H]2CN(c3nn4c(I)cnc4s3)C[C@H]2CC[C@H]1O. The van der Waals surface area contributed by atoms with Crippen LogP contribution in [0.1, 0.15) is 12.8 Å². The first-order valence-corrected chi connectivity index (χ1v) is 8.71. The molecule has 1 aliphatic carbocycles. The lowest BCUT2D eigenvalue weighted by Crippen LogP contribution is -2.48. The van der Waals surface area contributed by atoms with Gasteiger partial charge in [-0.1, -0.05) is 11.3 Å². The molecule has 4 atom stereocenters. The Hall–Kier alpha value is -0.450. The predicted molar refractivity (Wildman–Crippen MR) is 86.0 cm³/mol. The minimum atomic E-state index is -0.342. The zero-order valence-corrected chi connectivity index (χ0v) is 13.8.